The Labute approximate surface area is 312 Å². The average Bonchev–Trinajstić information content (AvgIpc) is 3.12. The summed E-state index contributed by atoms with van der Waals surface area (Å²) in [6, 6.07) is 0. The largest absolute Gasteiger partial charge is 0.370 e. The van der Waals surface area contributed by atoms with E-state index in [1.54, 1.807) is 0 Å². The number of amides is 2. The molecule has 0 fully saturated rings. The Hall–Kier alpha value is -2.62. The third-order valence-electron chi connectivity index (χ3n) is 8.01. The standard InChI is InChI=1S/C28H45NO.C16H33NO.C2H6/c1-3-5-7-9-10-11-12-13-14-15-16-17-18-19-20-21-22-23-24-26-28(30)29-27-25-8-6-4-2;1-2-3-4-5-6-7-8-9-10-11-12-13-14-15-16(17)18;1-2/h5,7,10-11,13-14,16-17,19-20,22-23H,3-4,6,8-9,12,15,18,21,24-27H2,1-2H3,(H,29,30);2-15H2,1H3,(H2,17,18);1-2H3/b7-5-,11-10-,14-13-,17-16-,20-19-,23-22-;;. The zero-order valence-corrected chi connectivity index (χ0v) is 33.9. The highest BCUT2D eigenvalue weighted by Gasteiger charge is 1.98. The average molecular weight is 697 g/mol. The molecule has 50 heavy (non-hydrogen) atoms. The number of rotatable bonds is 33. The van der Waals surface area contributed by atoms with Crippen LogP contribution in [-0.4, -0.2) is 18.4 Å². The second-order valence-corrected chi connectivity index (χ2v) is 12.8. The van der Waals surface area contributed by atoms with Gasteiger partial charge in [-0.3, -0.25) is 9.59 Å². The number of hydrogen-bond acceptors (Lipinski definition) is 2. The smallest absolute Gasteiger partial charge is 0.220 e. The Morgan fingerprint density at radius 3 is 1.16 bits per heavy atom. The molecular formula is C46H84N2O2. The normalized spacial score (nSPS) is 11.6. The van der Waals surface area contributed by atoms with Gasteiger partial charge in [0.05, 0.1) is 0 Å². The van der Waals surface area contributed by atoms with E-state index in [4.69, 9.17) is 5.73 Å². The molecule has 2 amide bonds. The molecule has 0 saturated carbocycles. The molecule has 3 N–H and O–H groups in total. The van der Waals surface area contributed by atoms with Gasteiger partial charge in [-0.1, -0.05) is 204 Å². The number of nitrogens with one attached hydrogen (secondary N) is 1. The van der Waals surface area contributed by atoms with Gasteiger partial charge in [-0.2, -0.15) is 0 Å². The monoisotopic (exact) mass is 697 g/mol. The van der Waals surface area contributed by atoms with Crippen molar-refractivity contribution < 1.29 is 9.59 Å². The van der Waals surface area contributed by atoms with E-state index in [9.17, 15) is 9.59 Å². The summed E-state index contributed by atoms with van der Waals surface area (Å²) in [5, 5.41) is 3.00. The van der Waals surface area contributed by atoms with Gasteiger partial charge in [0.2, 0.25) is 11.8 Å². The van der Waals surface area contributed by atoms with Crippen LogP contribution in [0.4, 0.5) is 0 Å². The van der Waals surface area contributed by atoms with E-state index in [0.29, 0.717) is 12.8 Å². The molecule has 4 nitrogen and oxygen atoms in total. The minimum Gasteiger partial charge on any atom is -0.370 e. The molecule has 290 valence electrons. The first-order chi connectivity index (χ1) is 24.6. The van der Waals surface area contributed by atoms with Gasteiger partial charge in [-0.15, -0.1) is 0 Å². The fourth-order valence-electron chi connectivity index (χ4n) is 5.04. The van der Waals surface area contributed by atoms with Gasteiger partial charge in [-0.05, 0) is 57.8 Å². The summed E-state index contributed by atoms with van der Waals surface area (Å²) in [5.41, 5.74) is 5.09. The second kappa shape index (κ2) is 50.8. The van der Waals surface area contributed by atoms with Crippen LogP contribution >= 0.6 is 0 Å². The fourth-order valence-corrected chi connectivity index (χ4v) is 5.04. The maximum absolute atomic E-state index is 11.7. The van der Waals surface area contributed by atoms with Gasteiger partial charge in [-0.25, -0.2) is 0 Å². The summed E-state index contributed by atoms with van der Waals surface area (Å²) < 4.78 is 0. The molecule has 0 unspecified atom stereocenters. The van der Waals surface area contributed by atoms with Crippen LogP contribution in [0.15, 0.2) is 72.9 Å². The molecule has 4 heteroatoms. The third-order valence-corrected chi connectivity index (χ3v) is 8.01. The van der Waals surface area contributed by atoms with Crippen molar-refractivity contribution in [3.8, 4) is 0 Å². The van der Waals surface area contributed by atoms with Gasteiger partial charge in [0.1, 0.15) is 0 Å². The predicted octanol–water partition coefficient (Wildman–Crippen LogP) is 14.1. The summed E-state index contributed by atoms with van der Waals surface area (Å²) in [6.07, 6.45) is 56.6. The van der Waals surface area contributed by atoms with Gasteiger partial charge in [0, 0.05) is 19.4 Å². The second-order valence-electron chi connectivity index (χ2n) is 12.8. The molecule has 0 aliphatic carbocycles. The van der Waals surface area contributed by atoms with Crippen LogP contribution in [0.3, 0.4) is 0 Å². The maximum Gasteiger partial charge on any atom is 0.220 e. The Morgan fingerprint density at radius 1 is 0.440 bits per heavy atom. The van der Waals surface area contributed by atoms with E-state index in [-0.39, 0.29) is 11.8 Å². The number of unbranched alkanes of at least 4 members (excludes halogenated alkanes) is 15. The topological polar surface area (TPSA) is 72.2 Å². The van der Waals surface area contributed by atoms with E-state index in [0.717, 1.165) is 64.3 Å². The highest BCUT2D eigenvalue weighted by Crippen LogP contribution is 2.12. The first-order valence-electron chi connectivity index (χ1n) is 21.0. The lowest BCUT2D eigenvalue weighted by Gasteiger charge is -2.03. The molecule has 0 radical (unpaired) electrons. The zero-order chi connectivity index (χ0) is 37.4. The quantitative estimate of drug-likeness (QED) is 0.0529. The molecule has 0 saturated heterocycles. The van der Waals surface area contributed by atoms with Crippen LogP contribution in [-0.2, 0) is 9.59 Å². The Morgan fingerprint density at radius 2 is 0.780 bits per heavy atom. The van der Waals surface area contributed by atoms with Crippen molar-refractivity contribution in [3.63, 3.8) is 0 Å². The lowest BCUT2D eigenvalue weighted by molar-refractivity contribution is -0.121. The van der Waals surface area contributed by atoms with Crippen molar-refractivity contribution in [1.82, 2.24) is 5.32 Å². The van der Waals surface area contributed by atoms with Crippen molar-refractivity contribution in [2.45, 2.75) is 202 Å². The molecule has 0 rings (SSSR count). The lowest BCUT2D eigenvalue weighted by atomic mass is 10.0. The first-order valence-corrected chi connectivity index (χ1v) is 21.0. The summed E-state index contributed by atoms with van der Waals surface area (Å²) in [5.74, 6) is 0.0177. The van der Waals surface area contributed by atoms with Crippen molar-refractivity contribution in [2.75, 3.05) is 6.54 Å². The summed E-state index contributed by atoms with van der Waals surface area (Å²) in [7, 11) is 0. The number of carbonyl (C=O) groups is 2. The highest BCUT2D eigenvalue weighted by molar-refractivity contribution is 5.75. The molecule has 0 aromatic carbocycles. The van der Waals surface area contributed by atoms with E-state index in [2.05, 4.69) is 99.0 Å². The van der Waals surface area contributed by atoms with Crippen LogP contribution in [0.5, 0.6) is 0 Å². The SMILES string of the molecule is CC.CC/C=C\C/C=C\C/C=C\C/C=C\C/C=C\C/C=C\CCC(=O)NCCCCCC.CCCCCCCCCCCCCCCC(N)=O. The number of hydrogen-bond donors (Lipinski definition) is 2. The van der Waals surface area contributed by atoms with Crippen molar-refractivity contribution in [1.29, 1.82) is 0 Å². The van der Waals surface area contributed by atoms with Crippen LogP contribution in [0.2, 0.25) is 0 Å². The molecular weight excluding hydrogens is 613 g/mol. The first kappa shape index (κ1) is 51.7. The number of carbonyl (C=O) groups excluding carboxylic acids is 2. The highest BCUT2D eigenvalue weighted by atomic mass is 16.1. The van der Waals surface area contributed by atoms with E-state index in [1.807, 2.05) is 13.8 Å². The van der Waals surface area contributed by atoms with Crippen LogP contribution in [0, 0.1) is 0 Å². The zero-order valence-electron chi connectivity index (χ0n) is 33.9. The van der Waals surface area contributed by atoms with Crippen LogP contribution in [0.1, 0.15) is 202 Å². The summed E-state index contributed by atoms with van der Waals surface area (Å²) in [4.78, 5) is 22.2. The van der Waals surface area contributed by atoms with Crippen molar-refractivity contribution >= 4 is 11.8 Å². The predicted molar refractivity (Wildman–Crippen MR) is 225 cm³/mol. The summed E-state index contributed by atoms with van der Waals surface area (Å²) in [6.45, 7) is 11.4. The maximum atomic E-state index is 11.7. The van der Waals surface area contributed by atoms with Crippen LogP contribution < -0.4 is 11.1 Å². The van der Waals surface area contributed by atoms with Gasteiger partial charge < -0.3 is 11.1 Å². The van der Waals surface area contributed by atoms with Gasteiger partial charge >= 0.3 is 0 Å². The third kappa shape index (κ3) is 54.8. The number of primary amides is 1. The molecule has 0 aromatic heterocycles. The van der Waals surface area contributed by atoms with Crippen molar-refractivity contribution in [2.24, 2.45) is 5.73 Å². The fraction of sp³-hybridized carbons (Fsp3) is 0.696. The Bertz CT molecular complexity index is 850. The molecule has 0 heterocycles. The van der Waals surface area contributed by atoms with E-state index < -0.39 is 0 Å². The van der Waals surface area contributed by atoms with Crippen LogP contribution in [0.25, 0.3) is 0 Å². The van der Waals surface area contributed by atoms with Crippen molar-refractivity contribution in [3.05, 3.63) is 72.9 Å². The number of nitrogens with two attached hydrogens (primary N) is 1. The van der Waals surface area contributed by atoms with E-state index in [1.165, 1.54) is 96.3 Å². The minimum atomic E-state index is -0.155. The van der Waals surface area contributed by atoms with Gasteiger partial charge in [0.25, 0.3) is 0 Å². The minimum absolute atomic E-state index is 0.155. The molecule has 0 aromatic rings. The Kier molecular flexibility index (Phi) is 52.5. The van der Waals surface area contributed by atoms with Gasteiger partial charge in [0.15, 0.2) is 0 Å². The molecule has 0 bridgehead atoms. The molecule has 0 aliphatic heterocycles. The molecule has 0 aliphatic rings. The number of allylic oxidation sites excluding steroid dienone is 12. The molecule has 0 atom stereocenters. The summed E-state index contributed by atoms with van der Waals surface area (Å²) >= 11 is 0. The lowest BCUT2D eigenvalue weighted by Crippen LogP contribution is -2.23. The molecule has 0 spiro atoms. The Balaban J connectivity index is -0.000000941. The van der Waals surface area contributed by atoms with E-state index >= 15 is 0 Å².